The van der Waals surface area contributed by atoms with Crippen molar-refractivity contribution in [3.8, 4) is 0 Å². The van der Waals surface area contributed by atoms with Crippen molar-refractivity contribution >= 4 is 5.69 Å². The van der Waals surface area contributed by atoms with Gasteiger partial charge in [-0.15, -0.1) is 0 Å². The molecular formula is C8H12N2. The third-order valence-corrected chi connectivity index (χ3v) is 1.36. The van der Waals surface area contributed by atoms with Crippen LogP contribution in [-0.4, -0.2) is 6.67 Å². The summed E-state index contributed by atoms with van der Waals surface area (Å²) in [5, 5.41) is 3.01. The molecule has 2 heteroatoms. The van der Waals surface area contributed by atoms with Gasteiger partial charge in [-0.25, -0.2) is 0 Å². The molecule has 1 aromatic rings. The fraction of sp³-hybridized carbons (Fsp3) is 0.250. The van der Waals surface area contributed by atoms with Crippen LogP contribution in [0.2, 0.25) is 0 Å². The van der Waals surface area contributed by atoms with Crippen LogP contribution in [0.15, 0.2) is 24.3 Å². The topological polar surface area (TPSA) is 38.0 Å². The number of anilines is 1. The molecule has 0 heterocycles. The summed E-state index contributed by atoms with van der Waals surface area (Å²) in [5.74, 6) is 0. The molecule has 0 aromatic heterocycles. The van der Waals surface area contributed by atoms with Gasteiger partial charge in [0.2, 0.25) is 0 Å². The molecule has 0 unspecified atom stereocenters. The standard InChI is InChI=1S/C8H12N2/c1-7-2-4-8(5-3-7)10-6-9/h2-5,10H,6,9H2,1H3. The van der Waals surface area contributed by atoms with Crippen molar-refractivity contribution in [1.29, 1.82) is 0 Å². The summed E-state index contributed by atoms with van der Waals surface area (Å²) in [7, 11) is 0. The van der Waals surface area contributed by atoms with Crippen LogP contribution in [0.25, 0.3) is 0 Å². The fourth-order valence-corrected chi connectivity index (χ4v) is 0.789. The van der Waals surface area contributed by atoms with E-state index in [0.29, 0.717) is 6.67 Å². The third kappa shape index (κ3) is 1.74. The van der Waals surface area contributed by atoms with E-state index in [-0.39, 0.29) is 0 Å². The Balaban J connectivity index is 2.69. The second-order valence-electron chi connectivity index (χ2n) is 2.25. The molecule has 0 saturated heterocycles. The first-order valence-corrected chi connectivity index (χ1v) is 3.33. The first-order chi connectivity index (χ1) is 4.83. The maximum Gasteiger partial charge on any atom is 0.0628 e. The summed E-state index contributed by atoms with van der Waals surface area (Å²) in [6.45, 7) is 2.55. The van der Waals surface area contributed by atoms with Gasteiger partial charge in [0.25, 0.3) is 0 Å². The van der Waals surface area contributed by atoms with Gasteiger partial charge < -0.3 is 11.1 Å². The molecule has 0 aliphatic heterocycles. The number of benzene rings is 1. The van der Waals surface area contributed by atoms with Crippen molar-refractivity contribution in [2.45, 2.75) is 6.92 Å². The van der Waals surface area contributed by atoms with E-state index in [1.54, 1.807) is 0 Å². The highest BCUT2D eigenvalue weighted by Crippen LogP contribution is 2.06. The average Bonchev–Trinajstić information content (AvgIpc) is 1.95. The lowest BCUT2D eigenvalue weighted by atomic mass is 10.2. The van der Waals surface area contributed by atoms with Crippen molar-refractivity contribution in [3.05, 3.63) is 29.8 Å². The van der Waals surface area contributed by atoms with E-state index in [1.165, 1.54) is 5.56 Å². The lowest BCUT2D eigenvalue weighted by molar-refractivity contribution is 1.14. The summed E-state index contributed by atoms with van der Waals surface area (Å²) >= 11 is 0. The third-order valence-electron chi connectivity index (χ3n) is 1.36. The molecule has 0 amide bonds. The van der Waals surface area contributed by atoms with Crippen LogP contribution in [-0.2, 0) is 0 Å². The first kappa shape index (κ1) is 7.09. The van der Waals surface area contributed by atoms with Gasteiger partial charge in [0, 0.05) is 5.69 Å². The van der Waals surface area contributed by atoms with Gasteiger partial charge in [-0.2, -0.15) is 0 Å². The Morgan fingerprint density at radius 1 is 1.30 bits per heavy atom. The molecule has 10 heavy (non-hydrogen) atoms. The minimum absolute atomic E-state index is 0.489. The molecule has 0 spiro atoms. The van der Waals surface area contributed by atoms with E-state index in [9.17, 15) is 0 Å². The van der Waals surface area contributed by atoms with Crippen molar-refractivity contribution in [3.63, 3.8) is 0 Å². The SMILES string of the molecule is Cc1ccc(NCN)cc1. The number of nitrogens with one attached hydrogen (secondary N) is 1. The summed E-state index contributed by atoms with van der Waals surface area (Å²) in [6.07, 6.45) is 0. The van der Waals surface area contributed by atoms with Crippen LogP contribution < -0.4 is 11.1 Å². The van der Waals surface area contributed by atoms with E-state index in [0.717, 1.165) is 5.69 Å². The van der Waals surface area contributed by atoms with Crippen LogP contribution in [0.4, 0.5) is 5.69 Å². The maximum atomic E-state index is 5.29. The Bertz CT molecular complexity index is 191. The zero-order chi connectivity index (χ0) is 7.40. The molecule has 0 bridgehead atoms. The van der Waals surface area contributed by atoms with Crippen LogP contribution in [0.1, 0.15) is 5.56 Å². The van der Waals surface area contributed by atoms with Crippen LogP contribution >= 0.6 is 0 Å². The second-order valence-corrected chi connectivity index (χ2v) is 2.25. The predicted octanol–water partition coefficient (Wildman–Crippen LogP) is 1.32. The van der Waals surface area contributed by atoms with E-state index < -0.39 is 0 Å². The Morgan fingerprint density at radius 2 is 1.90 bits per heavy atom. The monoisotopic (exact) mass is 136 g/mol. The number of hydrogen-bond acceptors (Lipinski definition) is 2. The zero-order valence-electron chi connectivity index (χ0n) is 6.09. The van der Waals surface area contributed by atoms with Crippen molar-refractivity contribution in [2.24, 2.45) is 5.73 Å². The molecular weight excluding hydrogens is 124 g/mol. The largest absolute Gasteiger partial charge is 0.373 e. The molecule has 0 radical (unpaired) electrons. The molecule has 1 aromatic carbocycles. The molecule has 0 aliphatic carbocycles. The van der Waals surface area contributed by atoms with Gasteiger partial charge in [0.1, 0.15) is 0 Å². The molecule has 3 N–H and O–H groups in total. The minimum Gasteiger partial charge on any atom is -0.373 e. The molecule has 54 valence electrons. The number of hydrogen-bond donors (Lipinski definition) is 2. The van der Waals surface area contributed by atoms with Crippen LogP contribution in [0.5, 0.6) is 0 Å². The Kier molecular flexibility index (Phi) is 2.29. The molecule has 0 aliphatic rings. The average molecular weight is 136 g/mol. The lowest BCUT2D eigenvalue weighted by Crippen LogP contribution is -2.10. The van der Waals surface area contributed by atoms with Gasteiger partial charge in [-0.05, 0) is 19.1 Å². The normalized spacial score (nSPS) is 9.40. The smallest absolute Gasteiger partial charge is 0.0628 e. The number of rotatable bonds is 2. The lowest BCUT2D eigenvalue weighted by Gasteiger charge is -2.01. The van der Waals surface area contributed by atoms with E-state index in [2.05, 4.69) is 24.4 Å². The van der Waals surface area contributed by atoms with Gasteiger partial charge in [0.15, 0.2) is 0 Å². The van der Waals surface area contributed by atoms with Crippen LogP contribution in [0, 0.1) is 6.92 Å². The first-order valence-electron chi connectivity index (χ1n) is 3.33. The predicted molar refractivity (Wildman–Crippen MR) is 43.9 cm³/mol. The Morgan fingerprint density at radius 3 is 2.40 bits per heavy atom. The summed E-state index contributed by atoms with van der Waals surface area (Å²) in [5.41, 5.74) is 7.63. The highest BCUT2D eigenvalue weighted by atomic mass is 15.0. The van der Waals surface area contributed by atoms with Crippen molar-refractivity contribution in [1.82, 2.24) is 0 Å². The molecule has 0 fully saturated rings. The van der Waals surface area contributed by atoms with Crippen molar-refractivity contribution < 1.29 is 0 Å². The summed E-state index contributed by atoms with van der Waals surface area (Å²) in [6, 6.07) is 8.14. The molecule has 0 saturated carbocycles. The number of aryl methyl sites for hydroxylation is 1. The van der Waals surface area contributed by atoms with E-state index >= 15 is 0 Å². The zero-order valence-corrected chi connectivity index (χ0v) is 6.09. The van der Waals surface area contributed by atoms with Crippen molar-refractivity contribution in [2.75, 3.05) is 12.0 Å². The van der Waals surface area contributed by atoms with Gasteiger partial charge >= 0.3 is 0 Å². The summed E-state index contributed by atoms with van der Waals surface area (Å²) < 4.78 is 0. The van der Waals surface area contributed by atoms with E-state index in [4.69, 9.17) is 5.73 Å². The van der Waals surface area contributed by atoms with Gasteiger partial charge in [-0.3, -0.25) is 0 Å². The highest BCUT2D eigenvalue weighted by Gasteiger charge is 1.86. The van der Waals surface area contributed by atoms with E-state index in [1.807, 2.05) is 12.1 Å². The van der Waals surface area contributed by atoms with Gasteiger partial charge in [0.05, 0.1) is 6.67 Å². The second kappa shape index (κ2) is 3.22. The molecule has 2 nitrogen and oxygen atoms in total. The quantitative estimate of drug-likeness (QED) is 0.602. The Labute approximate surface area is 61.1 Å². The van der Waals surface area contributed by atoms with Gasteiger partial charge in [-0.1, -0.05) is 17.7 Å². The highest BCUT2D eigenvalue weighted by molar-refractivity contribution is 5.43. The minimum atomic E-state index is 0.489. The summed E-state index contributed by atoms with van der Waals surface area (Å²) in [4.78, 5) is 0. The maximum absolute atomic E-state index is 5.29. The van der Waals surface area contributed by atoms with Crippen LogP contribution in [0.3, 0.4) is 0 Å². The molecule has 1 rings (SSSR count). The Hall–Kier alpha value is -1.02. The number of nitrogens with two attached hydrogens (primary N) is 1. The fourth-order valence-electron chi connectivity index (χ4n) is 0.789. The molecule has 0 atom stereocenters.